The van der Waals surface area contributed by atoms with Crippen molar-refractivity contribution in [3.63, 3.8) is 0 Å². The van der Waals surface area contributed by atoms with Crippen molar-refractivity contribution >= 4 is 38.9 Å². The summed E-state index contributed by atoms with van der Waals surface area (Å²) in [5.41, 5.74) is 4.15. The summed E-state index contributed by atoms with van der Waals surface area (Å²) in [6, 6.07) is 22.3. The Labute approximate surface area is 265 Å². The van der Waals surface area contributed by atoms with E-state index in [1.807, 2.05) is 43.3 Å². The Balaban J connectivity index is 1.30. The molecule has 4 rings (SSSR count). The Kier molecular flexibility index (Phi) is 13.5. The van der Waals surface area contributed by atoms with E-state index in [4.69, 9.17) is 9.98 Å². The van der Waals surface area contributed by atoms with Crippen molar-refractivity contribution in [1.29, 1.82) is 0 Å². The first-order chi connectivity index (χ1) is 21.5. The van der Waals surface area contributed by atoms with E-state index in [-0.39, 0.29) is 4.90 Å². The minimum absolute atomic E-state index is 0.227. The Morgan fingerprint density at radius 2 is 1.30 bits per heavy atom. The van der Waals surface area contributed by atoms with Gasteiger partial charge in [-0.3, -0.25) is 4.72 Å². The van der Waals surface area contributed by atoms with Crippen LogP contribution in [0.3, 0.4) is 0 Å². The second-order valence-electron chi connectivity index (χ2n) is 11.9. The largest absolute Gasteiger partial charge is 0.308 e. The number of aliphatic imine (C=N–C) groups is 1. The quantitative estimate of drug-likeness (QED) is 0.0795. The summed E-state index contributed by atoms with van der Waals surface area (Å²) in [6.45, 7) is 5.06. The normalized spacial score (nSPS) is 12.0. The van der Waals surface area contributed by atoms with Crippen LogP contribution in [0.25, 0.3) is 11.0 Å². The summed E-state index contributed by atoms with van der Waals surface area (Å²) in [4.78, 5) is 9.79. The van der Waals surface area contributed by atoms with Gasteiger partial charge in [0.25, 0.3) is 10.0 Å². The molecule has 0 radical (unpaired) electrons. The molecule has 7 heteroatoms. The highest BCUT2D eigenvalue weighted by Gasteiger charge is 2.16. The maximum Gasteiger partial charge on any atom is 0.261 e. The van der Waals surface area contributed by atoms with Crippen molar-refractivity contribution in [1.82, 2.24) is 9.55 Å². The molecule has 0 aliphatic heterocycles. The minimum Gasteiger partial charge on any atom is -0.308 e. The third-order valence-electron chi connectivity index (χ3n) is 8.23. The lowest BCUT2D eigenvalue weighted by molar-refractivity contribution is 0.526. The van der Waals surface area contributed by atoms with Gasteiger partial charge in [-0.1, -0.05) is 138 Å². The lowest BCUT2D eigenvalue weighted by atomic mass is 10.0. The van der Waals surface area contributed by atoms with Gasteiger partial charge in [-0.25, -0.2) is 18.4 Å². The molecule has 0 spiro atoms. The number of imidazole rings is 1. The van der Waals surface area contributed by atoms with Gasteiger partial charge in [0.1, 0.15) is 0 Å². The molecule has 0 aliphatic rings. The number of fused-ring (bicyclic) bond motifs is 1. The number of rotatable bonds is 20. The molecule has 1 aromatic heterocycles. The minimum atomic E-state index is -3.73. The van der Waals surface area contributed by atoms with E-state index in [1.54, 1.807) is 36.5 Å². The van der Waals surface area contributed by atoms with Crippen molar-refractivity contribution in [2.24, 2.45) is 4.99 Å². The first-order valence-electron chi connectivity index (χ1n) is 16.7. The van der Waals surface area contributed by atoms with Gasteiger partial charge in [-0.2, -0.15) is 0 Å². The molecule has 0 atom stereocenters. The summed E-state index contributed by atoms with van der Waals surface area (Å²) in [5, 5.41) is 0. The molecule has 0 amide bonds. The van der Waals surface area contributed by atoms with Gasteiger partial charge >= 0.3 is 0 Å². The lowest BCUT2D eigenvalue weighted by Gasteiger charge is -2.11. The number of aryl methyl sites for hydroxylation is 2. The Bertz CT molecular complexity index is 1560. The van der Waals surface area contributed by atoms with Gasteiger partial charge in [0.2, 0.25) is 5.95 Å². The number of benzene rings is 3. The summed E-state index contributed by atoms with van der Waals surface area (Å²) in [7, 11) is -3.73. The standard InChI is InChI=1S/C37H50N4O2S/c1-3-4-5-6-7-8-9-10-11-12-13-14-15-20-29-41-36-24-19-18-23-35(36)39-37(41)38-30-32-21-16-17-22-34(32)40-44(42,43)33-27-25-31(2)26-28-33/h16-19,21-28,30,40H,3-15,20,29H2,1-2H3. The van der Waals surface area contributed by atoms with Gasteiger partial charge < -0.3 is 4.57 Å². The number of nitrogens with one attached hydrogen (secondary N) is 1. The third kappa shape index (κ3) is 10.3. The molecule has 236 valence electrons. The fourth-order valence-corrected chi connectivity index (χ4v) is 6.68. The second-order valence-corrected chi connectivity index (χ2v) is 13.6. The average Bonchev–Trinajstić information content (AvgIpc) is 3.38. The monoisotopic (exact) mass is 614 g/mol. The maximum absolute atomic E-state index is 13.1. The first kappa shape index (κ1) is 33.4. The van der Waals surface area contributed by atoms with Crippen molar-refractivity contribution in [3.05, 3.63) is 83.9 Å². The number of nitrogens with zero attached hydrogens (tertiary/aromatic N) is 3. The van der Waals surface area contributed by atoms with Crippen LogP contribution in [0.2, 0.25) is 0 Å². The highest BCUT2D eigenvalue weighted by atomic mass is 32.2. The van der Waals surface area contributed by atoms with E-state index < -0.39 is 10.0 Å². The topological polar surface area (TPSA) is 76.3 Å². The maximum atomic E-state index is 13.1. The van der Waals surface area contributed by atoms with E-state index in [9.17, 15) is 8.42 Å². The highest BCUT2D eigenvalue weighted by Crippen LogP contribution is 2.25. The zero-order valence-electron chi connectivity index (χ0n) is 26.7. The van der Waals surface area contributed by atoms with Crippen LogP contribution in [-0.2, 0) is 16.6 Å². The Morgan fingerprint density at radius 1 is 0.727 bits per heavy atom. The Morgan fingerprint density at radius 3 is 1.95 bits per heavy atom. The van der Waals surface area contributed by atoms with Crippen LogP contribution in [0.4, 0.5) is 11.6 Å². The number of anilines is 1. The number of hydrogen-bond donors (Lipinski definition) is 1. The average molecular weight is 615 g/mol. The molecule has 0 saturated heterocycles. The second kappa shape index (κ2) is 17.7. The van der Waals surface area contributed by atoms with E-state index in [0.717, 1.165) is 29.6 Å². The fraction of sp³-hybridized carbons (Fsp3) is 0.459. The molecular weight excluding hydrogens is 565 g/mol. The molecule has 1 heterocycles. The van der Waals surface area contributed by atoms with Crippen molar-refractivity contribution in [2.75, 3.05) is 4.72 Å². The van der Waals surface area contributed by atoms with Gasteiger partial charge in [0, 0.05) is 18.3 Å². The smallest absolute Gasteiger partial charge is 0.261 e. The molecule has 0 unspecified atom stereocenters. The van der Waals surface area contributed by atoms with E-state index >= 15 is 0 Å². The van der Waals surface area contributed by atoms with Crippen LogP contribution < -0.4 is 4.72 Å². The van der Waals surface area contributed by atoms with Gasteiger partial charge in [-0.15, -0.1) is 0 Å². The van der Waals surface area contributed by atoms with Crippen molar-refractivity contribution in [3.8, 4) is 0 Å². The van der Waals surface area contributed by atoms with Gasteiger partial charge in [0.05, 0.1) is 21.6 Å². The molecule has 0 fully saturated rings. The molecule has 1 N–H and O–H groups in total. The van der Waals surface area contributed by atoms with E-state index in [2.05, 4.69) is 22.3 Å². The van der Waals surface area contributed by atoms with Crippen molar-refractivity contribution < 1.29 is 8.42 Å². The Hall–Kier alpha value is -3.45. The number of sulfonamides is 1. The van der Waals surface area contributed by atoms with Crippen LogP contribution in [0.5, 0.6) is 0 Å². The predicted molar refractivity (Wildman–Crippen MR) is 186 cm³/mol. The molecule has 6 nitrogen and oxygen atoms in total. The third-order valence-corrected chi connectivity index (χ3v) is 9.61. The fourth-order valence-electron chi connectivity index (χ4n) is 5.60. The predicted octanol–water partition coefficient (Wildman–Crippen LogP) is 10.4. The van der Waals surface area contributed by atoms with Crippen LogP contribution in [0.15, 0.2) is 82.7 Å². The number of unbranched alkanes of at least 4 members (excludes halogenated alkanes) is 13. The molecule has 4 aromatic rings. The number of aromatic nitrogens is 2. The zero-order valence-corrected chi connectivity index (χ0v) is 27.5. The number of para-hydroxylation sites is 3. The molecular formula is C37H50N4O2S. The molecule has 0 bridgehead atoms. The summed E-state index contributed by atoms with van der Waals surface area (Å²) < 4.78 is 31.0. The summed E-state index contributed by atoms with van der Waals surface area (Å²) >= 11 is 0. The van der Waals surface area contributed by atoms with Crippen LogP contribution in [0, 0.1) is 6.92 Å². The lowest BCUT2D eigenvalue weighted by Crippen LogP contribution is -2.14. The van der Waals surface area contributed by atoms with E-state index in [0.29, 0.717) is 17.2 Å². The number of hydrogen-bond acceptors (Lipinski definition) is 4. The van der Waals surface area contributed by atoms with Crippen LogP contribution >= 0.6 is 0 Å². The SMILES string of the molecule is CCCCCCCCCCCCCCCCn1c(N=Cc2ccccc2NS(=O)(=O)c2ccc(C)cc2)nc2ccccc21. The molecule has 44 heavy (non-hydrogen) atoms. The molecule has 3 aromatic carbocycles. The molecule has 0 aliphatic carbocycles. The van der Waals surface area contributed by atoms with Crippen LogP contribution in [0.1, 0.15) is 108 Å². The zero-order chi connectivity index (χ0) is 31.0. The summed E-state index contributed by atoms with van der Waals surface area (Å²) in [5.74, 6) is 0.636. The van der Waals surface area contributed by atoms with Gasteiger partial charge in [0.15, 0.2) is 0 Å². The van der Waals surface area contributed by atoms with Crippen molar-refractivity contribution in [2.45, 2.75) is 115 Å². The van der Waals surface area contributed by atoms with Crippen LogP contribution in [-0.4, -0.2) is 24.2 Å². The first-order valence-corrected chi connectivity index (χ1v) is 18.1. The van der Waals surface area contributed by atoms with Gasteiger partial charge in [-0.05, 0) is 43.7 Å². The molecule has 0 saturated carbocycles. The van der Waals surface area contributed by atoms with E-state index in [1.165, 1.54) is 83.5 Å². The highest BCUT2D eigenvalue weighted by molar-refractivity contribution is 7.92. The summed E-state index contributed by atoms with van der Waals surface area (Å²) in [6.07, 6.45) is 20.4.